The van der Waals surface area contributed by atoms with Crippen LogP contribution in [-0.2, 0) is 13.1 Å². The zero-order chi connectivity index (χ0) is 20.6. The summed E-state index contributed by atoms with van der Waals surface area (Å²) in [5, 5.41) is 0. The lowest BCUT2D eigenvalue weighted by Gasteiger charge is -2.06. The van der Waals surface area contributed by atoms with Crippen molar-refractivity contribution in [2.24, 2.45) is 0 Å². The van der Waals surface area contributed by atoms with Crippen LogP contribution in [0.15, 0.2) is 42.7 Å². The van der Waals surface area contributed by atoms with E-state index in [2.05, 4.69) is 65.7 Å². The first-order chi connectivity index (χ1) is 14.4. The molecule has 2 nitrogen and oxygen atoms in total. The van der Waals surface area contributed by atoms with Crippen LogP contribution >= 0.6 is 0 Å². The highest BCUT2D eigenvalue weighted by molar-refractivity contribution is 5.52. The largest absolute Gasteiger partial charge is 0.288 e. The molecule has 2 aromatic rings. The molecule has 0 unspecified atom stereocenters. The third-order valence-electron chi connectivity index (χ3n) is 6.01. The monoisotopic (exact) mass is 397 g/mol. The molecule has 0 spiro atoms. The smallest absolute Gasteiger partial charge is 0.230 e. The first-order valence-corrected chi connectivity index (χ1v) is 12.5. The second-order valence-corrected chi connectivity index (χ2v) is 8.62. The molecule has 0 aliphatic carbocycles. The summed E-state index contributed by atoms with van der Waals surface area (Å²) in [5.74, 6) is 1.39. The van der Waals surface area contributed by atoms with Crippen molar-refractivity contribution in [3.8, 4) is 11.4 Å². The van der Waals surface area contributed by atoms with Crippen LogP contribution in [0.3, 0.4) is 0 Å². The van der Waals surface area contributed by atoms with E-state index in [0.29, 0.717) is 0 Å². The minimum absolute atomic E-state index is 1.14. The Morgan fingerprint density at radius 3 is 1.83 bits per heavy atom. The molecule has 0 bridgehead atoms. The molecule has 29 heavy (non-hydrogen) atoms. The molecule has 2 rings (SSSR count). The van der Waals surface area contributed by atoms with E-state index in [0.717, 1.165) is 13.1 Å². The highest BCUT2D eigenvalue weighted by atomic mass is 15.1. The fourth-order valence-electron chi connectivity index (χ4n) is 4.23. The summed E-state index contributed by atoms with van der Waals surface area (Å²) in [6.45, 7) is 6.86. The number of rotatable bonds is 17. The normalized spacial score (nSPS) is 11.2. The molecule has 1 aromatic heterocycles. The molecule has 0 aliphatic rings. The maximum Gasteiger partial charge on any atom is 0.288 e. The fourth-order valence-corrected chi connectivity index (χ4v) is 4.23. The van der Waals surface area contributed by atoms with Gasteiger partial charge in [-0.15, -0.1) is 0 Å². The lowest BCUT2D eigenvalue weighted by atomic mass is 10.1. The Morgan fingerprint density at radius 1 is 0.655 bits per heavy atom. The topological polar surface area (TPSA) is 8.81 Å². The maximum atomic E-state index is 2.49. The summed E-state index contributed by atoms with van der Waals surface area (Å²) >= 11 is 0. The average molecular weight is 398 g/mol. The van der Waals surface area contributed by atoms with Crippen molar-refractivity contribution in [1.82, 2.24) is 4.57 Å². The minimum atomic E-state index is 1.14. The number of imidazole rings is 1. The highest BCUT2D eigenvalue weighted by Crippen LogP contribution is 2.18. The van der Waals surface area contributed by atoms with Crippen LogP contribution in [0.5, 0.6) is 0 Å². The summed E-state index contributed by atoms with van der Waals surface area (Å²) in [6.07, 6.45) is 23.8. The Labute approximate surface area is 180 Å². The third kappa shape index (κ3) is 9.19. The average Bonchev–Trinajstić information content (AvgIpc) is 3.16. The molecule has 162 valence electrons. The third-order valence-corrected chi connectivity index (χ3v) is 6.01. The van der Waals surface area contributed by atoms with Crippen molar-refractivity contribution < 1.29 is 4.57 Å². The summed E-state index contributed by atoms with van der Waals surface area (Å²) in [6, 6.07) is 11.0. The first-order valence-electron chi connectivity index (χ1n) is 12.5. The van der Waals surface area contributed by atoms with Gasteiger partial charge in [0.1, 0.15) is 12.4 Å². The second-order valence-electron chi connectivity index (χ2n) is 8.62. The molecular formula is C27H45N2+. The van der Waals surface area contributed by atoms with Crippen LogP contribution in [0.2, 0.25) is 0 Å². The van der Waals surface area contributed by atoms with Crippen LogP contribution in [0.1, 0.15) is 104 Å². The number of aromatic nitrogens is 2. The molecule has 1 heterocycles. The number of aryl methyl sites for hydroxylation is 2. The molecule has 1 aromatic carbocycles. The van der Waals surface area contributed by atoms with Crippen molar-refractivity contribution in [2.75, 3.05) is 0 Å². The van der Waals surface area contributed by atoms with E-state index < -0.39 is 0 Å². The quantitative estimate of drug-likeness (QED) is 0.189. The van der Waals surface area contributed by atoms with Gasteiger partial charge in [-0.1, -0.05) is 96.3 Å². The van der Waals surface area contributed by atoms with Crippen LogP contribution in [0.25, 0.3) is 11.4 Å². The van der Waals surface area contributed by atoms with Crippen molar-refractivity contribution in [2.45, 2.75) is 117 Å². The summed E-state index contributed by atoms with van der Waals surface area (Å²) < 4.78 is 4.98. The molecule has 0 aliphatic heterocycles. The molecule has 0 N–H and O–H groups in total. The minimum Gasteiger partial charge on any atom is -0.230 e. The van der Waals surface area contributed by atoms with Gasteiger partial charge in [0.05, 0.1) is 18.7 Å². The molecule has 0 saturated carbocycles. The van der Waals surface area contributed by atoms with E-state index in [4.69, 9.17) is 0 Å². The zero-order valence-electron chi connectivity index (χ0n) is 19.2. The van der Waals surface area contributed by atoms with Crippen LogP contribution < -0.4 is 4.57 Å². The Balaban J connectivity index is 1.84. The first kappa shape index (κ1) is 23.7. The standard InChI is InChI=1S/C27H45N2/c1-3-5-7-9-11-12-14-19-23-29-25-24-28(22-18-13-10-8-6-4-2)27(29)26-20-16-15-17-21-26/h15-17,20-21,24-25H,3-14,18-19,22-23H2,1-2H3/q+1. The Morgan fingerprint density at radius 2 is 1.21 bits per heavy atom. The van der Waals surface area contributed by atoms with Gasteiger partial charge in [0.15, 0.2) is 0 Å². The van der Waals surface area contributed by atoms with Gasteiger partial charge >= 0.3 is 0 Å². The molecular weight excluding hydrogens is 352 g/mol. The van der Waals surface area contributed by atoms with Crippen molar-refractivity contribution in [1.29, 1.82) is 0 Å². The van der Waals surface area contributed by atoms with Gasteiger partial charge in [-0.2, -0.15) is 0 Å². The molecule has 0 saturated heterocycles. The Kier molecular flexibility index (Phi) is 12.5. The van der Waals surface area contributed by atoms with E-state index in [1.165, 1.54) is 101 Å². The number of hydrogen-bond donors (Lipinski definition) is 0. The molecule has 0 fully saturated rings. The maximum absolute atomic E-state index is 2.49. The molecule has 0 amide bonds. The lowest BCUT2D eigenvalue weighted by Crippen LogP contribution is -2.34. The van der Waals surface area contributed by atoms with E-state index in [9.17, 15) is 0 Å². The fraction of sp³-hybridized carbons (Fsp3) is 0.667. The molecule has 0 atom stereocenters. The Bertz CT molecular complexity index is 629. The van der Waals surface area contributed by atoms with Gasteiger partial charge < -0.3 is 0 Å². The van der Waals surface area contributed by atoms with Gasteiger partial charge in [0.25, 0.3) is 5.82 Å². The van der Waals surface area contributed by atoms with Gasteiger partial charge in [-0.25, -0.2) is 9.13 Å². The van der Waals surface area contributed by atoms with E-state index in [1.54, 1.807) is 0 Å². The molecule has 0 radical (unpaired) electrons. The molecule has 2 heteroatoms. The summed E-state index contributed by atoms with van der Waals surface area (Å²) in [7, 11) is 0. The van der Waals surface area contributed by atoms with Gasteiger partial charge in [0.2, 0.25) is 0 Å². The predicted molar refractivity (Wildman–Crippen MR) is 126 cm³/mol. The van der Waals surface area contributed by atoms with Gasteiger partial charge in [0, 0.05) is 0 Å². The second kappa shape index (κ2) is 15.3. The van der Waals surface area contributed by atoms with E-state index in [1.807, 2.05) is 0 Å². The summed E-state index contributed by atoms with van der Waals surface area (Å²) in [4.78, 5) is 0. The number of unbranched alkanes of at least 4 members (excludes halogenated alkanes) is 12. The SMILES string of the molecule is CCCCCCCCCC[n+]1ccn(CCCCCCCC)c1-c1ccccc1. The van der Waals surface area contributed by atoms with Crippen LogP contribution in [-0.4, -0.2) is 4.57 Å². The van der Waals surface area contributed by atoms with Crippen molar-refractivity contribution >= 4 is 0 Å². The van der Waals surface area contributed by atoms with Crippen LogP contribution in [0, 0.1) is 0 Å². The predicted octanol–water partition coefficient (Wildman–Crippen LogP) is 7.94. The van der Waals surface area contributed by atoms with Crippen LogP contribution in [0.4, 0.5) is 0 Å². The number of benzene rings is 1. The Hall–Kier alpha value is -1.57. The van der Waals surface area contributed by atoms with E-state index >= 15 is 0 Å². The van der Waals surface area contributed by atoms with E-state index in [-0.39, 0.29) is 0 Å². The van der Waals surface area contributed by atoms with Gasteiger partial charge in [-0.05, 0) is 37.8 Å². The zero-order valence-corrected chi connectivity index (χ0v) is 19.2. The van der Waals surface area contributed by atoms with Crippen molar-refractivity contribution in [3.05, 3.63) is 42.7 Å². The van der Waals surface area contributed by atoms with Crippen molar-refractivity contribution in [3.63, 3.8) is 0 Å². The lowest BCUT2D eigenvalue weighted by molar-refractivity contribution is -0.686. The summed E-state index contributed by atoms with van der Waals surface area (Å²) in [5.41, 5.74) is 1.35. The van der Waals surface area contributed by atoms with Gasteiger partial charge in [-0.3, -0.25) is 0 Å². The highest BCUT2D eigenvalue weighted by Gasteiger charge is 2.18. The number of nitrogens with zero attached hydrogens (tertiary/aromatic N) is 2. The number of hydrogen-bond acceptors (Lipinski definition) is 0.